The number of hydrogen-bond acceptors (Lipinski definition) is 4. The van der Waals surface area contributed by atoms with Gasteiger partial charge >= 0.3 is 5.97 Å². The fourth-order valence-corrected chi connectivity index (χ4v) is 2.28. The molecule has 5 nitrogen and oxygen atoms in total. The van der Waals surface area contributed by atoms with Gasteiger partial charge in [0.25, 0.3) is 0 Å². The smallest absolute Gasteiger partial charge is 0.337 e. The summed E-state index contributed by atoms with van der Waals surface area (Å²) in [6, 6.07) is 14.4. The van der Waals surface area contributed by atoms with Crippen LogP contribution in [0.4, 0.5) is 11.4 Å². The highest BCUT2D eigenvalue weighted by Gasteiger charge is 2.18. The Morgan fingerprint density at radius 1 is 1.10 bits per heavy atom. The monoisotopic (exact) mass is 286 g/mol. The largest absolute Gasteiger partial charge is 0.478 e. The number of benzene rings is 2. The number of carboxylic acids is 1. The maximum Gasteiger partial charge on any atom is 0.337 e. The molecule has 2 aromatic rings. The Labute approximate surface area is 123 Å². The van der Waals surface area contributed by atoms with Crippen molar-refractivity contribution in [3.05, 3.63) is 59.7 Å². The fourth-order valence-electron chi connectivity index (χ4n) is 2.28. The van der Waals surface area contributed by atoms with Crippen LogP contribution < -0.4 is 10.6 Å². The molecule has 0 amide bonds. The van der Waals surface area contributed by atoms with Crippen LogP contribution in [0.2, 0.25) is 0 Å². The number of nitrogens with two attached hydrogens (primary N) is 1. The predicted octanol–water partition coefficient (Wildman–Crippen LogP) is 1.97. The third-order valence-corrected chi connectivity index (χ3v) is 3.20. The molecule has 0 saturated carbocycles. The normalized spacial score (nSPS) is 10.3. The number of rotatable bonds is 6. The standard InChI is InChI=1S/C16H18N2O3/c17-14-8-4-7-13(16(20)21)15(14)18(9-10-19)11-12-5-2-1-3-6-12/h1-8,19H,9-11,17H2,(H,20,21). The molecule has 0 radical (unpaired) electrons. The quantitative estimate of drug-likeness (QED) is 0.707. The van der Waals surface area contributed by atoms with Gasteiger partial charge < -0.3 is 20.8 Å². The molecule has 21 heavy (non-hydrogen) atoms. The second-order valence-electron chi connectivity index (χ2n) is 4.68. The van der Waals surface area contributed by atoms with Crippen LogP contribution in [0.3, 0.4) is 0 Å². The van der Waals surface area contributed by atoms with Gasteiger partial charge in [0.05, 0.1) is 23.5 Å². The number of aliphatic hydroxyl groups is 1. The first kappa shape index (κ1) is 14.9. The summed E-state index contributed by atoms with van der Waals surface area (Å²) in [5.41, 5.74) is 7.95. The van der Waals surface area contributed by atoms with Crippen LogP contribution >= 0.6 is 0 Å². The molecule has 110 valence electrons. The Morgan fingerprint density at radius 3 is 2.43 bits per heavy atom. The number of carbonyl (C=O) groups is 1. The van der Waals surface area contributed by atoms with Gasteiger partial charge in [0.1, 0.15) is 0 Å². The van der Waals surface area contributed by atoms with E-state index in [-0.39, 0.29) is 12.2 Å². The van der Waals surface area contributed by atoms with E-state index in [2.05, 4.69) is 0 Å². The molecule has 0 aromatic heterocycles. The SMILES string of the molecule is Nc1cccc(C(=O)O)c1N(CCO)Cc1ccccc1. The topological polar surface area (TPSA) is 86.8 Å². The summed E-state index contributed by atoms with van der Waals surface area (Å²) in [5.74, 6) is -1.03. The van der Waals surface area contributed by atoms with Crippen molar-refractivity contribution in [2.24, 2.45) is 0 Å². The minimum absolute atomic E-state index is 0.0831. The highest BCUT2D eigenvalue weighted by Crippen LogP contribution is 2.29. The average Bonchev–Trinajstić information content (AvgIpc) is 2.47. The summed E-state index contributed by atoms with van der Waals surface area (Å²) in [4.78, 5) is 13.2. The fraction of sp³-hybridized carbons (Fsp3) is 0.188. The van der Waals surface area contributed by atoms with E-state index >= 15 is 0 Å². The van der Waals surface area contributed by atoms with Gasteiger partial charge in [-0.05, 0) is 17.7 Å². The molecule has 4 N–H and O–H groups in total. The van der Waals surface area contributed by atoms with Gasteiger partial charge in [0.15, 0.2) is 0 Å². The Morgan fingerprint density at radius 2 is 1.81 bits per heavy atom. The lowest BCUT2D eigenvalue weighted by molar-refractivity contribution is 0.0697. The highest BCUT2D eigenvalue weighted by molar-refractivity contribution is 5.98. The minimum Gasteiger partial charge on any atom is -0.478 e. The van der Waals surface area contributed by atoms with Crippen molar-refractivity contribution >= 4 is 17.3 Å². The van der Waals surface area contributed by atoms with Crippen molar-refractivity contribution in [3.63, 3.8) is 0 Å². The summed E-state index contributed by atoms with van der Waals surface area (Å²) in [7, 11) is 0. The van der Waals surface area contributed by atoms with E-state index in [4.69, 9.17) is 5.73 Å². The molecule has 0 atom stereocenters. The second kappa shape index (κ2) is 6.76. The molecule has 2 rings (SSSR count). The van der Waals surface area contributed by atoms with Crippen molar-refractivity contribution < 1.29 is 15.0 Å². The molecule has 0 aliphatic rings. The van der Waals surface area contributed by atoms with Crippen LogP contribution in [0, 0.1) is 0 Å². The molecule has 0 bridgehead atoms. The summed E-state index contributed by atoms with van der Waals surface area (Å²) in [6.07, 6.45) is 0. The van der Waals surface area contributed by atoms with E-state index in [0.717, 1.165) is 5.56 Å². The van der Waals surface area contributed by atoms with Gasteiger partial charge in [-0.15, -0.1) is 0 Å². The lowest BCUT2D eigenvalue weighted by Gasteiger charge is -2.27. The predicted molar refractivity (Wildman–Crippen MR) is 82.4 cm³/mol. The Hall–Kier alpha value is -2.53. The van der Waals surface area contributed by atoms with Crippen LogP contribution in [0.25, 0.3) is 0 Å². The molecule has 0 aliphatic carbocycles. The first-order chi connectivity index (χ1) is 10.1. The van der Waals surface area contributed by atoms with Crippen molar-refractivity contribution in [1.29, 1.82) is 0 Å². The van der Waals surface area contributed by atoms with Crippen molar-refractivity contribution in [2.45, 2.75) is 6.54 Å². The number of anilines is 2. The van der Waals surface area contributed by atoms with E-state index in [0.29, 0.717) is 24.5 Å². The lowest BCUT2D eigenvalue weighted by atomic mass is 10.1. The molecule has 0 heterocycles. The first-order valence-electron chi connectivity index (χ1n) is 6.65. The number of nitrogens with zero attached hydrogens (tertiary/aromatic N) is 1. The summed E-state index contributed by atoms with van der Waals surface area (Å²) in [6.45, 7) is 0.708. The number of aliphatic hydroxyl groups excluding tert-OH is 1. The molecular weight excluding hydrogens is 268 g/mol. The Bertz CT molecular complexity index is 614. The van der Waals surface area contributed by atoms with Crippen LogP contribution in [0.5, 0.6) is 0 Å². The maximum absolute atomic E-state index is 11.4. The number of hydrogen-bond donors (Lipinski definition) is 3. The molecule has 0 saturated heterocycles. The Kier molecular flexibility index (Phi) is 4.79. The van der Waals surface area contributed by atoms with Gasteiger partial charge in [0.2, 0.25) is 0 Å². The molecule has 5 heteroatoms. The van der Waals surface area contributed by atoms with E-state index in [1.54, 1.807) is 17.0 Å². The van der Waals surface area contributed by atoms with Gasteiger partial charge in [-0.3, -0.25) is 0 Å². The number of aromatic carboxylic acids is 1. The highest BCUT2D eigenvalue weighted by atomic mass is 16.4. The third-order valence-electron chi connectivity index (χ3n) is 3.20. The number of nitrogen functional groups attached to an aromatic ring is 1. The third kappa shape index (κ3) is 3.52. The number of para-hydroxylation sites is 1. The second-order valence-corrected chi connectivity index (χ2v) is 4.68. The summed E-state index contributed by atoms with van der Waals surface area (Å²) in [5, 5.41) is 18.6. The molecule has 2 aromatic carbocycles. The van der Waals surface area contributed by atoms with Crippen LogP contribution in [-0.4, -0.2) is 29.3 Å². The zero-order valence-electron chi connectivity index (χ0n) is 11.6. The molecular formula is C16H18N2O3. The molecule has 0 spiro atoms. The van der Waals surface area contributed by atoms with Crippen molar-refractivity contribution in [1.82, 2.24) is 0 Å². The maximum atomic E-state index is 11.4. The lowest BCUT2D eigenvalue weighted by Crippen LogP contribution is -2.28. The minimum atomic E-state index is -1.03. The number of carboxylic acid groups (broad SMARTS) is 1. The Balaban J connectivity index is 2.41. The summed E-state index contributed by atoms with van der Waals surface area (Å²) < 4.78 is 0. The average molecular weight is 286 g/mol. The van der Waals surface area contributed by atoms with E-state index in [1.807, 2.05) is 30.3 Å². The molecule has 0 aliphatic heterocycles. The van der Waals surface area contributed by atoms with Crippen LogP contribution in [-0.2, 0) is 6.54 Å². The zero-order chi connectivity index (χ0) is 15.2. The summed E-state index contributed by atoms with van der Waals surface area (Å²) >= 11 is 0. The van der Waals surface area contributed by atoms with Gasteiger partial charge in [-0.25, -0.2) is 4.79 Å². The molecule has 0 unspecified atom stereocenters. The van der Waals surface area contributed by atoms with E-state index in [1.165, 1.54) is 6.07 Å². The van der Waals surface area contributed by atoms with E-state index in [9.17, 15) is 15.0 Å². The van der Waals surface area contributed by atoms with Gasteiger partial charge in [-0.1, -0.05) is 36.4 Å². The first-order valence-corrected chi connectivity index (χ1v) is 6.65. The molecule has 0 fully saturated rings. The van der Waals surface area contributed by atoms with Crippen LogP contribution in [0.1, 0.15) is 15.9 Å². The van der Waals surface area contributed by atoms with Gasteiger partial charge in [0, 0.05) is 13.1 Å². The van der Waals surface area contributed by atoms with Gasteiger partial charge in [-0.2, -0.15) is 0 Å². The van der Waals surface area contributed by atoms with Crippen molar-refractivity contribution in [3.8, 4) is 0 Å². The van der Waals surface area contributed by atoms with E-state index < -0.39 is 5.97 Å². The zero-order valence-corrected chi connectivity index (χ0v) is 11.6. The van der Waals surface area contributed by atoms with Crippen molar-refractivity contribution in [2.75, 3.05) is 23.8 Å². The van der Waals surface area contributed by atoms with Crippen LogP contribution in [0.15, 0.2) is 48.5 Å².